The summed E-state index contributed by atoms with van der Waals surface area (Å²) in [4.78, 5) is 12.7. The maximum absolute atomic E-state index is 12.7. The maximum atomic E-state index is 12.7. The van der Waals surface area contributed by atoms with E-state index in [1.165, 1.54) is 0 Å². The van der Waals surface area contributed by atoms with Crippen molar-refractivity contribution in [1.29, 1.82) is 0 Å². The molecule has 0 spiro atoms. The second-order valence-electron chi connectivity index (χ2n) is 5.77. The Labute approximate surface area is 153 Å². The second kappa shape index (κ2) is 7.89. The number of carbonyl (C=O) groups is 1. The number of sulfonamides is 1. The molecule has 2 rings (SSSR count). The highest BCUT2D eigenvalue weighted by Crippen LogP contribution is 2.24. The first-order chi connectivity index (χ1) is 11.7. The van der Waals surface area contributed by atoms with Gasteiger partial charge in [-0.3, -0.25) is 9.10 Å². The molecule has 1 N–H and O–H groups in total. The zero-order valence-electron chi connectivity index (χ0n) is 14.4. The standard InChI is InChI=1S/C18H21ClN2O3S/c1-4-17(18(22)20-14-11-10-13(2)16(19)12-14)21(25(3,23)24)15-8-6-5-7-9-15/h5-12,17H,4H2,1-3H3,(H,20,22)/t17-/m1/s1. The molecular weight excluding hydrogens is 360 g/mol. The summed E-state index contributed by atoms with van der Waals surface area (Å²) in [7, 11) is -3.64. The lowest BCUT2D eigenvalue weighted by atomic mass is 10.1. The van der Waals surface area contributed by atoms with E-state index in [-0.39, 0.29) is 0 Å². The minimum atomic E-state index is -3.64. The van der Waals surface area contributed by atoms with Crippen LogP contribution in [-0.2, 0) is 14.8 Å². The van der Waals surface area contributed by atoms with Crippen molar-refractivity contribution >= 4 is 38.9 Å². The van der Waals surface area contributed by atoms with E-state index in [4.69, 9.17) is 11.6 Å². The molecule has 0 aliphatic carbocycles. The molecule has 0 radical (unpaired) electrons. The fraction of sp³-hybridized carbons (Fsp3) is 0.278. The van der Waals surface area contributed by atoms with Crippen LogP contribution in [-0.4, -0.2) is 26.6 Å². The molecule has 0 heterocycles. The monoisotopic (exact) mass is 380 g/mol. The zero-order valence-corrected chi connectivity index (χ0v) is 15.9. The van der Waals surface area contributed by atoms with Gasteiger partial charge in [-0.2, -0.15) is 0 Å². The van der Waals surface area contributed by atoms with Crippen LogP contribution >= 0.6 is 11.6 Å². The number of rotatable bonds is 6. The molecular formula is C18H21ClN2O3S. The van der Waals surface area contributed by atoms with Crippen molar-refractivity contribution in [3.63, 3.8) is 0 Å². The lowest BCUT2D eigenvalue weighted by Crippen LogP contribution is -2.46. The summed E-state index contributed by atoms with van der Waals surface area (Å²) >= 11 is 6.08. The van der Waals surface area contributed by atoms with Gasteiger partial charge in [0, 0.05) is 10.7 Å². The van der Waals surface area contributed by atoms with E-state index in [2.05, 4.69) is 5.32 Å². The average Bonchev–Trinajstić information content (AvgIpc) is 2.55. The Kier molecular flexibility index (Phi) is 6.08. The first-order valence-corrected chi connectivity index (χ1v) is 10.1. The lowest BCUT2D eigenvalue weighted by molar-refractivity contribution is -0.117. The second-order valence-corrected chi connectivity index (χ2v) is 8.04. The van der Waals surface area contributed by atoms with Gasteiger partial charge in [-0.15, -0.1) is 0 Å². The predicted molar refractivity (Wildman–Crippen MR) is 103 cm³/mol. The molecule has 0 unspecified atom stereocenters. The molecule has 1 amide bonds. The maximum Gasteiger partial charge on any atom is 0.248 e. The van der Waals surface area contributed by atoms with Gasteiger partial charge in [-0.05, 0) is 43.2 Å². The van der Waals surface area contributed by atoms with Crippen LogP contribution < -0.4 is 9.62 Å². The van der Waals surface area contributed by atoms with Crippen molar-refractivity contribution in [2.75, 3.05) is 15.9 Å². The average molecular weight is 381 g/mol. The number of hydrogen-bond donors (Lipinski definition) is 1. The van der Waals surface area contributed by atoms with Gasteiger partial charge in [0.25, 0.3) is 0 Å². The highest BCUT2D eigenvalue weighted by atomic mass is 35.5. The third-order valence-electron chi connectivity index (χ3n) is 3.78. The van der Waals surface area contributed by atoms with Crippen LogP contribution in [0.2, 0.25) is 5.02 Å². The minimum absolute atomic E-state index is 0.327. The van der Waals surface area contributed by atoms with Crippen molar-refractivity contribution in [2.45, 2.75) is 26.3 Å². The zero-order chi connectivity index (χ0) is 18.6. The number of halogens is 1. The molecule has 0 saturated heterocycles. The van der Waals surface area contributed by atoms with E-state index in [1.54, 1.807) is 55.5 Å². The molecule has 2 aromatic rings. The van der Waals surface area contributed by atoms with Crippen molar-refractivity contribution < 1.29 is 13.2 Å². The molecule has 25 heavy (non-hydrogen) atoms. The van der Waals surface area contributed by atoms with Crippen molar-refractivity contribution in [2.24, 2.45) is 0 Å². The van der Waals surface area contributed by atoms with E-state index in [1.807, 2.05) is 6.92 Å². The summed E-state index contributed by atoms with van der Waals surface area (Å²) in [6.07, 6.45) is 1.42. The number of benzene rings is 2. The van der Waals surface area contributed by atoms with Crippen molar-refractivity contribution in [3.05, 3.63) is 59.1 Å². The van der Waals surface area contributed by atoms with Crippen molar-refractivity contribution in [3.8, 4) is 0 Å². The number of para-hydroxylation sites is 1. The Balaban J connectivity index is 2.34. The minimum Gasteiger partial charge on any atom is -0.324 e. The predicted octanol–water partition coefficient (Wildman–Crippen LogP) is 3.83. The van der Waals surface area contributed by atoms with E-state index < -0.39 is 22.0 Å². The number of amides is 1. The fourth-order valence-corrected chi connectivity index (χ4v) is 3.92. The van der Waals surface area contributed by atoms with E-state index in [0.29, 0.717) is 22.8 Å². The van der Waals surface area contributed by atoms with Gasteiger partial charge < -0.3 is 5.32 Å². The SMILES string of the molecule is CC[C@H](C(=O)Nc1ccc(C)c(Cl)c1)N(c1ccccc1)S(C)(=O)=O. The first kappa shape index (κ1) is 19.3. The summed E-state index contributed by atoms with van der Waals surface area (Å²) in [5.41, 5.74) is 1.88. The molecule has 1 atom stereocenters. The molecule has 2 aromatic carbocycles. The normalized spacial score (nSPS) is 12.5. The number of anilines is 2. The van der Waals surface area contributed by atoms with Gasteiger partial charge in [0.05, 0.1) is 11.9 Å². The molecule has 7 heteroatoms. The molecule has 0 fully saturated rings. The third-order valence-corrected chi connectivity index (χ3v) is 5.37. The molecule has 0 bridgehead atoms. The molecule has 0 saturated carbocycles. The van der Waals surface area contributed by atoms with Crippen LogP contribution in [0.25, 0.3) is 0 Å². The van der Waals surface area contributed by atoms with Gasteiger partial charge in [0.1, 0.15) is 6.04 Å². The van der Waals surface area contributed by atoms with Crippen LogP contribution in [0, 0.1) is 6.92 Å². The summed E-state index contributed by atoms with van der Waals surface area (Å²) < 4.78 is 25.8. The van der Waals surface area contributed by atoms with Gasteiger partial charge in [0.2, 0.25) is 15.9 Å². The summed E-state index contributed by atoms with van der Waals surface area (Å²) in [5.74, 6) is -0.406. The Morgan fingerprint density at radius 2 is 1.84 bits per heavy atom. The Morgan fingerprint density at radius 3 is 2.36 bits per heavy atom. The van der Waals surface area contributed by atoms with Gasteiger partial charge >= 0.3 is 0 Å². The van der Waals surface area contributed by atoms with Gasteiger partial charge in [-0.25, -0.2) is 8.42 Å². The van der Waals surface area contributed by atoms with Crippen LogP contribution in [0.3, 0.4) is 0 Å². The third kappa shape index (κ3) is 4.74. The number of nitrogens with zero attached hydrogens (tertiary/aromatic N) is 1. The first-order valence-electron chi connectivity index (χ1n) is 7.85. The number of aryl methyl sites for hydroxylation is 1. The number of carbonyl (C=O) groups excluding carboxylic acids is 1. The molecule has 0 aliphatic heterocycles. The Hall–Kier alpha value is -2.05. The highest BCUT2D eigenvalue weighted by molar-refractivity contribution is 7.92. The lowest BCUT2D eigenvalue weighted by Gasteiger charge is -2.30. The topological polar surface area (TPSA) is 66.5 Å². The summed E-state index contributed by atoms with van der Waals surface area (Å²) in [6, 6.07) is 12.9. The Bertz CT molecular complexity index is 854. The number of hydrogen-bond acceptors (Lipinski definition) is 3. The van der Waals surface area contributed by atoms with E-state index >= 15 is 0 Å². The van der Waals surface area contributed by atoms with Gasteiger partial charge in [-0.1, -0.05) is 42.8 Å². The summed E-state index contributed by atoms with van der Waals surface area (Å²) in [6.45, 7) is 3.64. The summed E-state index contributed by atoms with van der Waals surface area (Å²) in [5, 5.41) is 3.29. The van der Waals surface area contributed by atoms with Crippen LogP contribution in [0.4, 0.5) is 11.4 Å². The van der Waals surface area contributed by atoms with Gasteiger partial charge in [0.15, 0.2) is 0 Å². The molecule has 0 aromatic heterocycles. The number of nitrogens with one attached hydrogen (secondary N) is 1. The fourth-order valence-electron chi connectivity index (χ4n) is 2.53. The quantitative estimate of drug-likeness (QED) is 0.828. The van der Waals surface area contributed by atoms with Crippen LogP contribution in [0.1, 0.15) is 18.9 Å². The molecule has 134 valence electrons. The molecule has 0 aliphatic rings. The molecule has 5 nitrogen and oxygen atoms in total. The smallest absolute Gasteiger partial charge is 0.248 e. The Morgan fingerprint density at radius 1 is 1.20 bits per heavy atom. The highest BCUT2D eigenvalue weighted by Gasteiger charge is 2.31. The van der Waals surface area contributed by atoms with Crippen molar-refractivity contribution in [1.82, 2.24) is 0 Å². The van der Waals surface area contributed by atoms with E-state index in [9.17, 15) is 13.2 Å². The van der Waals surface area contributed by atoms with Crippen LogP contribution in [0.5, 0.6) is 0 Å². The van der Waals surface area contributed by atoms with Crippen LogP contribution in [0.15, 0.2) is 48.5 Å². The van der Waals surface area contributed by atoms with E-state index in [0.717, 1.165) is 16.1 Å². The largest absolute Gasteiger partial charge is 0.324 e.